The number of carbonyl (C=O) groups is 2. The Labute approximate surface area is 221 Å². The molecule has 11 heteroatoms. The summed E-state index contributed by atoms with van der Waals surface area (Å²) in [4.78, 5) is 29.5. The van der Waals surface area contributed by atoms with Crippen LogP contribution in [0.25, 0.3) is 11.4 Å². The average Bonchev–Trinajstić information content (AvgIpc) is 3.35. The number of ether oxygens (including phenoxy) is 1. The van der Waals surface area contributed by atoms with Gasteiger partial charge in [0.2, 0.25) is 17.6 Å². The molecular formula is C27H35FN6O4. The summed E-state index contributed by atoms with van der Waals surface area (Å²) >= 11 is 0. The van der Waals surface area contributed by atoms with Crippen LogP contribution < -0.4 is 10.1 Å². The number of hydrogen-bond donors (Lipinski definition) is 2. The minimum atomic E-state index is -0.933. The molecule has 0 aliphatic rings. The Morgan fingerprint density at radius 1 is 1.13 bits per heavy atom. The molecule has 2 N–H and O–H groups in total. The van der Waals surface area contributed by atoms with E-state index in [-0.39, 0.29) is 43.7 Å². The van der Waals surface area contributed by atoms with Crippen molar-refractivity contribution in [3.05, 3.63) is 59.9 Å². The van der Waals surface area contributed by atoms with Gasteiger partial charge in [-0.05, 0) is 72.9 Å². The molecular weight excluding hydrogens is 491 g/mol. The zero-order valence-electron chi connectivity index (χ0n) is 22.0. The summed E-state index contributed by atoms with van der Waals surface area (Å²) in [5.74, 6) is 0.180. The van der Waals surface area contributed by atoms with Gasteiger partial charge in [0.25, 0.3) is 0 Å². The number of aromatic nitrogens is 4. The van der Waals surface area contributed by atoms with Crippen LogP contribution >= 0.6 is 0 Å². The van der Waals surface area contributed by atoms with Crippen molar-refractivity contribution in [1.82, 2.24) is 30.4 Å². The fourth-order valence-corrected chi connectivity index (χ4v) is 3.84. The number of aliphatic hydroxyl groups is 1. The van der Waals surface area contributed by atoms with Gasteiger partial charge in [-0.3, -0.25) is 9.59 Å². The average molecular weight is 527 g/mol. The quantitative estimate of drug-likeness (QED) is 0.331. The third-order valence-electron chi connectivity index (χ3n) is 5.80. The first kappa shape index (κ1) is 28.7. The molecule has 1 atom stereocenters. The molecule has 0 aliphatic heterocycles. The second-order valence-electron chi connectivity index (χ2n) is 9.19. The number of amides is 2. The predicted molar refractivity (Wildman–Crippen MR) is 139 cm³/mol. The van der Waals surface area contributed by atoms with Crippen molar-refractivity contribution in [2.45, 2.75) is 46.2 Å². The molecule has 0 radical (unpaired) electrons. The Kier molecular flexibility index (Phi) is 10.7. The van der Waals surface area contributed by atoms with Gasteiger partial charge in [-0.1, -0.05) is 26.0 Å². The molecule has 0 fully saturated rings. The van der Waals surface area contributed by atoms with E-state index in [4.69, 9.17) is 4.74 Å². The predicted octanol–water partition coefficient (Wildman–Crippen LogP) is 2.99. The summed E-state index contributed by atoms with van der Waals surface area (Å²) in [6, 6.07) is 11.7. The largest absolute Gasteiger partial charge is 0.494 e. The first-order valence-electron chi connectivity index (χ1n) is 12.8. The lowest BCUT2D eigenvalue weighted by Gasteiger charge is -2.31. The fourth-order valence-electron chi connectivity index (χ4n) is 3.84. The van der Waals surface area contributed by atoms with Crippen molar-refractivity contribution < 1.29 is 23.8 Å². The summed E-state index contributed by atoms with van der Waals surface area (Å²) in [7, 11) is 0. The summed E-state index contributed by atoms with van der Waals surface area (Å²) in [6.45, 7) is 6.72. The van der Waals surface area contributed by atoms with Gasteiger partial charge in [0.1, 0.15) is 24.2 Å². The van der Waals surface area contributed by atoms with E-state index in [0.717, 1.165) is 11.2 Å². The lowest BCUT2D eigenvalue weighted by molar-refractivity contribution is -0.142. The summed E-state index contributed by atoms with van der Waals surface area (Å²) in [6.07, 6.45) is 1.07. The molecule has 2 amide bonds. The number of aliphatic hydroxyl groups excluding tert-OH is 1. The molecule has 1 heterocycles. The molecule has 3 rings (SSSR count). The van der Waals surface area contributed by atoms with Crippen LogP contribution in [-0.2, 0) is 16.1 Å². The molecule has 0 aliphatic carbocycles. The van der Waals surface area contributed by atoms with Crippen LogP contribution in [0.5, 0.6) is 5.75 Å². The first-order valence-corrected chi connectivity index (χ1v) is 12.8. The molecule has 0 saturated carbocycles. The van der Waals surface area contributed by atoms with Gasteiger partial charge in [0, 0.05) is 25.3 Å². The molecule has 204 valence electrons. The maximum atomic E-state index is 13.5. The van der Waals surface area contributed by atoms with E-state index in [1.807, 2.05) is 6.92 Å². The Hall–Kier alpha value is -3.86. The Morgan fingerprint density at radius 3 is 2.47 bits per heavy atom. The van der Waals surface area contributed by atoms with Crippen LogP contribution in [0.4, 0.5) is 4.39 Å². The van der Waals surface area contributed by atoms with Crippen LogP contribution in [0.1, 0.15) is 45.2 Å². The van der Waals surface area contributed by atoms with Gasteiger partial charge < -0.3 is 20.1 Å². The molecule has 0 spiro atoms. The molecule has 0 saturated heterocycles. The van der Waals surface area contributed by atoms with Crippen molar-refractivity contribution in [2.24, 2.45) is 5.92 Å². The normalized spacial score (nSPS) is 11.8. The van der Waals surface area contributed by atoms with Gasteiger partial charge in [0.15, 0.2) is 0 Å². The number of carbonyl (C=O) groups excluding carboxylic acids is 2. The summed E-state index contributed by atoms with van der Waals surface area (Å²) in [5.41, 5.74) is 1.17. The Bertz CT molecular complexity index is 1170. The second-order valence-corrected chi connectivity index (χ2v) is 9.19. The van der Waals surface area contributed by atoms with Gasteiger partial charge >= 0.3 is 0 Å². The van der Waals surface area contributed by atoms with Crippen molar-refractivity contribution >= 4 is 11.8 Å². The smallest absolute Gasteiger partial charge is 0.247 e. The van der Waals surface area contributed by atoms with Crippen molar-refractivity contribution in [3.63, 3.8) is 0 Å². The molecule has 3 aromatic rings. The minimum absolute atomic E-state index is 0.143. The monoisotopic (exact) mass is 526 g/mol. The van der Waals surface area contributed by atoms with E-state index in [1.165, 1.54) is 29.2 Å². The SMILES string of the molecule is CCOc1ccc([C@@H](C(=O)NCCC(C)C)N(CCCO)C(=O)Cn2nnc(-c3ccc(F)cc3)n2)cc1. The number of tetrazole rings is 1. The summed E-state index contributed by atoms with van der Waals surface area (Å²) in [5, 5.41) is 24.6. The topological polar surface area (TPSA) is 122 Å². The van der Waals surface area contributed by atoms with Gasteiger partial charge in [-0.25, -0.2) is 4.39 Å². The highest BCUT2D eigenvalue weighted by atomic mass is 19.1. The van der Waals surface area contributed by atoms with Crippen LogP contribution in [0, 0.1) is 11.7 Å². The highest BCUT2D eigenvalue weighted by Gasteiger charge is 2.31. The minimum Gasteiger partial charge on any atom is -0.494 e. The number of benzene rings is 2. The van der Waals surface area contributed by atoms with Crippen LogP contribution in [-0.4, -0.2) is 68.3 Å². The highest BCUT2D eigenvalue weighted by molar-refractivity contribution is 5.88. The van der Waals surface area contributed by atoms with E-state index in [1.54, 1.807) is 24.3 Å². The van der Waals surface area contributed by atoms with E-state index in [2.05, 4.69) is 34.6 Å². The van der Waals surface area contributed by atoms with Gasteiger partial charge in [0.05, 0.1) is 6.61 Å². The standard InChI is InChI=1S/C27H35FN6O4/c1-4-38-23-12-8-20(9-13-23)25(27(37)29-15-14-19(2)3)33(16-5-17-35)24(36)18-34-31-26(30-32-34)21-6-10-22(28)11-7-21/h6-13,19,25,35H,4-5,14-18H2,1-3H3,(H,29,37)/t25-/m0/s1. The maximum absolute atomic E-state index is 13.5. The van der Waals surface area contributed by atoms with Crippen LogP contribution in [0.15, 0.2) is 48.5 Å². The van der Waals surface area contributed by atoms with Gasteiger partial charge in [-0.2, -0.15) is 4.80 Å². The highest BCUT2D eigenvalue weighted by Crippen LogP contribution is 2.25. The lowest BCUT2D eigenvalue weighted by Crippen LogP contribution is -2.46. The number of nitrogens with one attached hydrogen (secondary N) is 1. The van der Waals surface area contributed by atoms with E-state index < -0.39 is 11.9 Å². The number of nitrogens with zero attached hydrogens (tertiary/aromatic N) is 5. The molecule has 10 nitrogen and oxygen atoms in total. The number of rotatable bonds is 14. The maximum Gasteiger partial charge on any atom is 0.247 e. The van der Waals surface area contributed by atoms with Crippen molar-refractivity contribution in [1.29, 1.82) is 0 Å². The molecule has 0 unspecified atom stereocenters. The molecule has 0 bridgehead atoms. The van der Waals surface area contributed by atoms with Gasteiger partial charge in [-0.15, -0.1) is 10.2 Å². The van der Waals surface area contributed by atoms with Crippen molar-refractivity contribution in [3.8, 4) is 17.1 Å². The third-order valence-corrected chi connectivity index (χ3v) is 5.80. The Morgan fingerprint density at radius 2 is 1.84 bits per heavy atom. The first-order chi connectivity index (χ1) is 18.3. The lowest BCUT2D eigenvalue weighted by atomic mass is 10.0. The molecule has 1 aromatic heterocycles. The Balaban J connectivity index is 1.86. The van der Waals surface area contributed by atoms with E-state index in [0.29, 0.717) is 35.9 Å². The molecule has 2 aromatic carbocycles. The van der Waals surface area contributed by atoms with Crippen molar-refractivity contribution in [2.75, 3.05) is 26.3 Å². The number of hydrogen-bond acceptors (Lipinski definition) is 7. The molecule has 38 heavy (non-hydrogen) atoms. The second kappa shape index (κ2) is 14.2. The summed E-state index contributed by atoms with van der Waals surface area (Å²) < 4.78 is 18.8. The van der Waals surface area contributed by atoms with Crippen LogP contribution in [0.3, 0.4) is 0 Å². The number of halogens is 1. The third kappa shape index (κ3) is 8.07. The zero-order valence-corrected chi connectivity index (χ0v) is 22.0. The van der Waals surface area contributed by atoms with E-state index in [9.17, 15) is 19.1 Å². The zero-order chi connectivity index (χ0) is 27.5. The van der Waals surface area contributed by atoms with Crippen LogP contribution in [0.2, 0.25) is 0 Å². The fraction of sp³-hybridized carbons (Fsp3) is 0.444. The van der Waals surface area contributed by atoms with E-state index >= 15 is 0 Å².